The maximum absolute atomic E-state index is 5.30. The van der Waals surface area contributed by atoms with Gasteiger partial charge in [-0.15, -0.1) is 0 Å². The Bertz CT molecular complexity index is 1030. The molecule has 0 heterocycles. The van der Waals surface area contributed by atoms with Gasteiger partial charge in [0.05, 0.1) is 21.3 Å². The molecule has 0 spiro atoms. The summed E-state index contributed by atoms with van der Waals surface area (Å²) in [5, 5.41) is 0. The van der Waals surface area contributed by atoms with Gasteiger partial charge < -0.3 is 14.2 Å². The van der Waals surface area contributed by atoms with E-state index in [1.165, 1.54) is 0 Å². The number of hydrogen-bond donors (Lipinski definition) is 0. The summed E-state index contributed by atoms with van der Waals surface area (Å²) in [6.07, 6.45) is 1.79. The molecule has 3 rings (SSSR count). The number of benzene rings is 3. The van der Waals surface area contributed by atoms with Crippen molar-refractivity contribution in [3.05, 3.63) is 108 Å². The molecule has 0 N–H and O–H groups in total. The van der Waals surface area contributed by atoms with Crippen LogP contribution >= 0.6 is 0 Å². The van der Waals surface area contributed by atoms with Gasteiger partial charge in [0.15, 0.2) is 0 Å². The molecule has 0 aromatic heterocycles. The zero-order chi connectivity index (χ0) is 21.3. The van der Waals surface area contributed by atoms with Crippen LogP contribution in [-0.4, -0.2) is 21.3 Å². The van der Waals surface area contributed by atoms with Crippen molar-refractivity contribution >= 4 is 5.57 Å². The molecule has 0 fully saturated rings. The molecule has 0 saturated carbocycles. The van der Waals surface area contributed by atoms with E-state index in [0.717, 1.165) is 45.1 Å². The summed E-state index contributed by atoms with van der Waals surface area (Å²) in [5.41, 5.74) is 4.79. The van der Waals surface area contributed by atoms with Crippen molar-refractivity contribution < 1.29 is 14.2 Å². The Morgan fingerprint density at radius 3 is 1.43 bits per heavy atom. The second-order valence-electron chi connectivity index (χ2n) is 6.43. The Kier molecular flexibility index (Phi) is 6.97. The molecule has 0 aliphatic rings. The van der Waals surface area contributed by atoms with Crippen LogP contribution in [0.15, 0.2) is 91.0 Å². The smallest absolute Gasteiger partial charge is 0.118 e. The molecule has 3 aromatic carbocycles. The molecule has 0 bridgehead atoms. The van der Waals surface area contributed by atoms with Crippen LogP contribution in [0.3, 0.4) is 0 Å². The van der Waals surface area contributed by atoms with E-state index in [9.17, 15) is 0 Å². The average molecular weight is 396 g/mol. The van der Waals surface area contributed by atoms with Crippen LogP contribution in [-0.2, 0) is 0 Å². The maximum atomic E-state index is 5.30. The number of ether oxygens (including phenoxy) is 3. The highest BCUT2D eigenvalue weighted by molar-refractivity contribution is 5.86. The van der Waals surface area contributed by atoms with Crippen molar-refractivity contribution in [2.24, 2.45) is 0 Å². The summed E-state index contributed by atoms with van der Waals surface area (Å²) >= 11 is 0. The Morgan fingerprint density at radius 1 is 0.667 bits per heavy atom. The van der Waals surface area contributed by atoms with Gasteiger partial charge in [-0.2, -0.15) is 0 Å². The van der Waals surface area contributed by atoms with E-state index in [2.05, 4.69) is 18.4 Å². The SMILES string of the molecule is C=CC(C#Cc1ccc(OC)cc1)=C(c1ccc(OC)cc1)c1ccc(OC)cc1. The first-order valence-electron chi connectivity index (χ1n) is 9.50. The van der Waals surface area contributed by atoms with Crippen molar-refractivity contribution in [2.45, 2.75) is 0 Å². The minimum absolute atomic E-state index is 0.803. The van der Waals surface area contributed by atoms with E-state index >= 15 is 0 Å². The Labute approximate surface area is 178 Å². The number of hydrogen-bond acceptors (Lipinski definition) is 3. The van der Waals surface area contributed by atoms with E-state index in [-0.39, 0.29) is 0 Å². The molecule has 0 saturated heterocycles. The Morgan fingerprint density at radius 2 is 1.07 bits per heavy atom. The van der Waals surface area contributed by atoms with Crippen molar-refractivity contribution in [3.63, 3.8) is 0 Å². The second-order valence-corrected chi connectivity index (χ2v) is 6.43. The monoisotopic (exact) mass is 396 g/mol. The lowest BCUT2D eigenvalue weighted by Gasteiger charge is -2.12. The largest absolute Gasteiger partial charge is 0.497 e. The van der Waals surface area contributed by atoms with E-state index in [1.807, 2.05) is 72.8 Å². The van der Waals surface area contributed by atoms with Crippen LogP contribution < -0.4 is 14.2 Å². The van der Waals surface area contributed by atoms with Gasteiger partial charge in [-0.1, -0.05) is 48.8 Å². The minimum atomic E-state index is 0.803. The van der Waals surface area contributed by atoms with E-state index in [0.29, 0.717) is 0 Å². The van der Waals surface area contributed by atoms with Crippen LogP contribution in [0.25, 0.3) is 5.57 Å². The predicted octanol–water partition coefficient (Wildman–Crippen LogP) is 5.75. The summed E-state index contributed by atoms with van der Waals surface area (Å²) in [6, 6.07) is 23.5. The minimum Gasteiger partial charge on any atom is -0.497 e. The van der Waals surface area contributed by atoms with Crippen LogP contribution in [0.2, 0.25) is 0 Å². The van der Waals surface area contributed by atoms with Gasteiger partial charge in [-0.05, 0) is 59.7 Å². The van der Waals surface area contributed by atoms with Gasteiger partial charge in [0.25, 0.3) is 0 Å². The van der Waals surface area contributed by atoms with E-state index in [1.54, 1.807) is 27.4 Å². The van der Waals surface area contributed by atoms with Gasteiger partial charge >= 0.3 is 0 Å². The van der Waals surface area contributed by atoms with E-state index < -0.39 is 0 Å². The standard InChI is InChI=1S/C27H24O3/c1-5-21(9-6-20-7-14-24(28-2)15-8-20)27(22-10-16-25(29-3)17-11-22)23-12-18-26(30-4)19-13-23/h5,7-8,10-19H,1H2,2-4H3. The normalized spacial score (nSPS) is 9.70. The van der Waals surface area contributed by atoms with Crippen molar-refractivity contribution in [1.29, 1.82) is 0 Å². The van der Waals surface area contributed by atoms with Crippen LogP contribution in [0.1, 0.15) is 16.7 Å². The zero-order valence-electron chi connectivity index (χ0n) is 17.4. The highest BCUT2D eigenvalue weighted by Gasteiger charge is 2.10. The summed E-state index contributed by atoms with van der Waals surface area (Å²) in [7, 11) is 4.96. The first kappa shape index (κ1) is 20.8. The van der Waals surface area contributed by atoms with Crippen LogP contribution in [0.5, 0.6) is 17.2 Å². The topological polar surface area (TPSA) is 27.7 Å². The molecule has 0 aliphatic carbocycles. The summed E-state index contributed by atoms with van der Waals surface area (Å²) in [5.74, 6) is 8.92. The molecule has 0 radical (unpaired) electrons. The van der Waals surface area contributed by atoms with Gasteiger partial charge in [0.2, 0.25) is 0 Å². The molecule has 3 heteroatoms. The highest BCUT2D eigenvalue weighted by Crippen LogP contribution is 2.30. The fourth-order valence-electron chi connectivity index (χ4n) is 3.02. The van der Waals surface area contributed by atoms with Crippen molar-refractivity contribution in [3.8, 4) is 29.1 Å². The molecule has 3 nitrogen and oxygen atoms in total. The number of methoxy groups -OCH3 is 3. The quantitative estimate of drug-likeness (QED) is 0.392. The van der Waals surface area contributed by atoms with Gasteiger partial charge in [0.1, 0.15) is 17.2 Å². The Balaban J connectivity index is 2.11. The van der Waals surface area contributed by atoms with Gasteiger partial charge in [-0.3, -0.25) is 0 Å². The third kappa shape index (κ3) is 4.92. The summed E-state index contributed by atoms with van der Waals surface area (Å²) in [4.78, 5) is 0. The first-order valence-corrected chi connectivity index (χ1v) is 9.50. The number of allylic oxidation sites excluding steroid dienone is 2. The second kappa shape index (κ2) is 10.0. The lowest BCUT2D eigenvalue weighted by molar-refractivity contribution is 0.414. The van der Waals surface area contributed by atoms with Crippen molar-refractivity contribution in [1.82, 2.24) is 0 Å². The molecular weight excluding hydrogens is 372 g/mol. The molecule has 0 atom stereocenters. The molecule has 0 aliphatic heterocycles. The summed E-state index contributed by atoms with van der Waals surface area (Å²) in [6.45, 7) is 4.01. The lowest BCUT2D eigenvalue weighted by Crippen LogP contribution is -1.94. The highest BCUT2D eigenvalue weighted by atomic mass is 16.5. The molecule has 30 heavy (non-hydrogen) atoms. The predicted molar refractivity (Wildman–Crippen MR) is 122 cm³/mol. The van der Waals surface area contributed by atoms with E-state index in [4.69, 9.17) is 14.2 Å². The first-order chi connectivity index (χ1) is 14.7. The molecule has 3 aromatic rings. The van der Waals surface area contributed by atoms with Crippen LogP contribution in [0, 0.1) is 11.8 Å². The average Bonchev–Trinajstić information content (AvgIpc) is 2.82. The molecule has 0 amide bonds. The molecule has 150 valence electrons. The molecule has 0 unspecified atom stereocenters. The third-order valence-electron chi connectivity index (χ3n) is 4.66. The van der Waals surface area contributed by atoms with Crippen LogP contribution in [0.4, 0.5) is 0 Å². The van der Waals surface area contributed by atoms with Crippen molar-refractivity contribution in [2.75, 3.05) is 21.3 Å². The third-order valence-corrected chi connectivity index (χ3v) is 4.66. The fraction of sp³-hybridized carbons (Fsp3) is 0.111. The fourth-order valence-corrected chi connectivity index (χ4v) is 3.02. The Hall–Kier alpha value is -3.90. The van der Waals surface area contributed by atoms with Gasteiger partial charge in [-0.25, -0.2) is 0 Å². The lowest BCUT2D eigenvalue weighted by atomic mass is 9.92. The zero-order valence-corrected chi connectivity index (χ0v) is 17.4. The summed E-state index contributed by atoms with van der Waals surface area (Å²) < 4.78 is 15.8. The number of rotatable bonds is 6. The molecular formula is C27H24O3. The van der Waals surface area contributed by atoms with Gasteiger partial charge in [0, 0.05) is 16.7 Å². The maximum Gasteiger partial charge on any atom is 0.118 e.